The molecule has 0 unspecified atom stereocenters. The average molecular weight is 710 g/mol. The second kappa shape index (κ2) is 11.1. The zero-order valence-corrected chi connectivity index (χ0v) is 29.9. The van der Waals surface area contributed by atoms with Gasteiger partial charge in [0.25, 0.3) is 0 Å². The van der Waals surface area contributed by atoms with Gasteiger partial charge in [-0.1, -0.05) is 127 Å². The van der Waals surface area contributed by atoms with Crippen LogP contribution in [0.1, 0.15) is 0 Å². The number of rotatable bonds is 3. The highest BCUT2D eigenvalue weighted by Gasteiger charge is 2.30. The van der Waals surface area contributed by atoms with Gasteiger partial charge < -0.3 is 4.90 Å². The number of nitrogens with zero attached hydrogens (tertiary/aromatic N) is 3. The second-order valence-corrected chi connectivity index (χ2v) is 15.8. The number of aromatic nitrogens is 2. The predicted octanol–water partition coefficient (Wildman–Crippen LogP) is 14.3. The third-order valence-corrected chi connectivity index (χ3v) is 13.2. The zero-order chi connectivity index (χ0) is 34.6. The van der Waals surface area contributed by atoms with Crippen LogP contribution in [0, 0.1) is 0 Å². The van der Waals surface area contributed by atoms with Crippen LogP contribution in [-0.4, -0.2) is 9.97 Å². The molecule has 0 atom stereocenters. The van der Waals surface area contributed by atoms with Gasteiger partial charge in [0, 0.05) is 52.3 Å². The first-order valence-electron chi connectivity index (χ1n) is 17.8. The van der Waals surface area contributed by atoms with Crippen molar-refractivity contribution >= 4 is 102 Å². The summed E-state index contributed by atoms with van der Waals surface area (Å²) >= 11 is 3.63. The molecule has 0 radical (unpaired) electrons. The van der Waals surface area contributed by atoms with Crippen molar-refractivity contribution in [2.24, 2.45) is 0 Å². The minimum atomic E-state index is 0.721. The van der Waals surface area contributed by atoms with E-state index in [1.807, 2.05) is 11.3 Å². The Morgan fingerprint density at radius 1 is 0.396 bits per heavy atom. The van der Waals surface area contributed by atoms with Gasteiger partial charge >= 0.3 is 0 Å². The van der Waals surface area contributed by atoms with Crippen molar-refractivity contribution in [2.75, 3.05) is 4.90 Å². The molecule has 0 spiro atoms. The van der Waals surface area contributed by atoms with E-state index < -0.39 is 0 Å². The lowest BCUT2D eigenvalue weighted by atomic mass is 9.87. The predicted molar refractivity (Wildman–Crippen MR) is 227 cm³/mol. The lowest BCUT2D eigenvalue weighted by Gasteiger charge is -2.35. The molecule has 3 aromatic heterocycles. The van der Waals surface area contributed by atoms with Gasteiger partial charge in [0.1, 0.15) is 0 Å². The molecule has 0 saturated heterocycles. The first kappa shape index (κ1) is 29.2. The quantitative estimate of drug-likeness (QED) is 0.183. The van der Waals surface area contributed by atoms with Crippen molar-refractivity contribution in [1.29, 1.82) is 0 Å². The Morgan fingerprint density at radius 3 is 1.92 bits per heavy atom. The summed E-state index contributed by atoms with van der Waals surface area (Å²) in [5, 5.41) is 8.67. The lowest BCUT2D eigenvalue weighted by molar-refractivity contribution is 1.22. The molecule has 0 fully saturated rings. The van der Waals surface area contributed by atoms with E-state index in [2.05, 4.69) is 169 Å². The van der Waals surface area contributed by atoms with Crippen molar-refractivity contribution in [3.8, 4) is 33.8 Å². The Labute approximate surface area is 312 Å². The molecule has 5 heteroatoms. The molecule has 1 aliphatic heterocycles. The minimum absolute atomic E-state index is 0.721. The molecule has 1 aliphatic rings. The van der Waals surface area contributed by atoms with E-state index in [1.54, 1.807) is 11.3 Å². The Kier molecular flexibility index (Phi) is 6.09. The summed E-state index contributed by atoms with van der Waals surface area (Å²) in [6.45, 7) is 0. The van der Waals surface area contributed by atoms with Gasteiger partial charge in [0.15, 0.2) is 5.82 Å². The van der Waals surface area contributed by atoms with Gasteiger partial charge in [0.05, 0.1) is 33.0 Å². The summed E-state index contributed by atoms with van der Waals surface area (Å²) in [5.41, 5.74) is 9.99. The molecule has 0 bridgehead atoms. The number of anilines is 3. The third-order valence-electron chi connectivity index (χ3n) is 10.8. The van der Waals surface area contributed by atoms with Crippen molar-refractivity contribution in [2.45, 2.75) is 0 Å². The van der Waals surface area contributed by atoms with Crippen LogP contribution in [0.3, 0.4) is 0 Å². The maximum Gasteiger partial charge on any atom is 0.162 e. The van der Waals surface area contributed by atoms with E-state index in [9.17, 15) is 0 Å². The number of hydrogen-bond donors (Lipinski definition) is 0. The van der Waals surface area contributed by atoms with Crippen LogP contribution in [0.25, 0.3) is 95.8 Å². The maximum atomic E-state index is 5.59. The third kappa shape index (κ3) is 4.15. The number of fused-ring (bicyclic) bond motifs is 10. The molecule has 0 saturated carbocycles. The Bertz CT molecular complexity index is 3310. The van der Waals surface area contributed by atoms with Crippen LogP contribution < -0.4 is 4.90 Å². The summed E-state index contributed by atoms with van der Waals surface area (Å²) in [6, 6.07) is 59.3. The van der Waals surface area contributed by atoms with Crippen LogP contribution in [0.5, 0.6) is 0 Å². The standard InChI is InChI=1S/C48H27N3S2/c1-2-15-30-28(12-1)26-27-39-43(30)35-20-9-13-29-14-10-23-38(42(29)35)51(39)37-22-6-3-17-33(37)48-49-44-34-18-5-8-25-41(34)53-47(44)45(50-48)36-21-11-19-32-31-16-4-7-24-40(31)52-46(32)36/h1-27H. The van der Waals surface area contributed by atoms with Crippen LogP contribution >= 0.6 is 22.7 Å². The van der Waals surface area contributed by atoms with Gasteiger partial charge in [-0.25, -0.2) is 9.97 Å². The maximum absolute atomic E-state index is 5.59. The van der Waals surface area contributed by atoms with Gasteiger partial charge in [-0.2, -0.15) is 0 Å². The average Bonchev–Trinajstić information content (AvgIpc) is 3.79. The number of hydrogen-bond acceptors (Lipinski definition) is 5. The fourth-order valence-corrected chi connectivity index (χ4v) is 10.9. The topological polar surface area (TPSA) is 29.0 Å². The molecule has 0 amide bonds. The normalized spacial score (nSPS) is 12.5. The zero-order valence-electron chi connectivity index (χ0n) is 28.2. The molecule has 246 valence electrons. The molecule has 8 aromatic carbocycles. The second-order valence-electron chi connectivity index (χ2n) is 13.7. The molecule has 0 aliphatic carbocycles. The SMILES string of the molecule is c1ccc(N2c3ccc4ccccc4c3-c3cccc4cccc2c34)c(-c2nc(-c3cccc4c3sc3ccccc34)c3sc4ccccc4c3n2)c1. The van der Waals surface area contributed by atoms with Crippen molar-refractivity contribution in [3.05, 3.63) is 164 Å². The van der Waals surface area contributed by atoms with Gasteiger partial charge in [-0.05, 0) is 58.1 Å². The van der Waals surface area contributed by atoms with Crippen molar-refractivity contribution in [1.82, 2.24) is 9.97 Å². The molecule has 12 rings (SSSR count). The first-order valence-corrected chi connectivity index (χ1v) is 19.5. The summed E-state index contributed by atoms with van der Waals surface area (Å²) in [4.78, 5) is 13.5. The highest BCUT2D eigenvalue weighted by atomic mass is 32.1. The van der Waals surface area contributed by atoms with E-state index in [-0.39, 0.29) is 0 Å². The van der Waals surface area contributed by atoms with E-state index in [0.29, 0.717) is 0 Å². The van der Waals surface area contributed by atoms with E-state index in [0.717, 1.165) is 55.3 Å². The first-order chi connectivity index (χ1) is 26.3. The number of benzene rings is 8. The van der Waals surface area contributed by atoms with Crippen LogP contribution in [0.2, 0.25) is 0 Å². The van der Waals surface area contributed by atoms with Crippen LogP contribution in [0.4, 0.5) is 17.1 Å². The van der Waals surface area contributed by atoms with Crippen LogP contribution in [0.15, 0.2) is 164 Å². The van der Waals surface area contributed by atoms with Crippen LogP contribution in [-0.2, 0) is 0 Å². The highest BCUT2D eigenvalue weighted by molar-refractivity contribution is 7.27. The molecule has 0 N–H and O–H groups in total. The smallest absolute Gasteiger partial charge is 0.162 e. The number of para-hydroxylation sites is 1. The molecule has 11 aromatic rings. The Hall–Kier alpha value is -6.40. The summed E-state index contributed by atoms with van der Waals surface area (Å²) in [6.07, 6.45) is 0. The summed E-state index contributed by atoms with van der Waals surface area (Å²) in [7, 11) is 0. The van der Waals surface area contributed by atoms with Crippen molar-refractivity contribution in [3.63, 3.8) is 0 Å². The summed E-state index contributed by atoms with van der Waals surface area (Å²) < 4.78 is 4.87. The molecular weight excluding hydrogens is 683 g/mol. The summed E-state index contributed by atoms with van der Waals surface area (Å²) in [5.74, 6) is 0.721. The monoisotopic (exact) mass is 709 g/mol. The molecule has 53 heavy (non-hydrogen) atoms. The van der Waals surface area contributed by atoms with Gasteiger partial charge in [-0.15, -0.1) is 22.7 Å². The molecular formula is C48H27N3S2. The minimum Gasteiger partial charge on any atom is -0.308 e. The fourth-order valence-electron chi connectivity index (χ4n) is 8.52. The number of thiophene rings is 2. The highest BCUT2D eigenvalue weighted by Crippen LogP contribution is 2.54. The van der Waals surface area contributed by atoms with E-state index in [4.69, 9.17) is 9.97 Å². The van der Waals surface area contributed by atoms with E-state index >= 15 is 0 Å². The fraction of sp³-hybridized carbons (Fsp3) is 0. The molecule has 4 heterocycles. The largest absolute Gasteiger partial charge is 0.308 e. The van der Waals surface area contributed by atoms with Crippen molar-refractivity contribution < 1.29 is 0 Å². The van der Waals surface area contributed by atoms with Gasteiger partial charge in [-0.3, -0.25) is 0 Å². The lowest BCUT2D eigenvalue weighted by Crippen LogP contribution is -2.16. The Balaban J connectivity index is 1.17. The Morgan fingerprint density at radius 2 is 1.02 bits per heavy atom. The van der Waals surface area contributed by atoms with Gasteiger partial charge in [0.2, 0.25) is 0 Å². The van der Waals surface area contributed by atoms with E-state index in [1.165, 1.54) is 57.5 Å². The molecule has 3 nitrogen and oxygen atoms in total.